The number of likely N-dealkylation sites (tertiary alicyclic amines) is 1. The number of aromatic nitrogens is 2. The Morgan fingerprint density at radius 3 is 2.50 bits per heavy atom. The van der Waals surface area contributed by atoms with Gasteiger partial charge in [-0.25, -0.2) is 9.97 Å². The molecule has 1 amide bonds. The van der Waals surface area contributed by atoms with Crippen molar-refractivity contribution < 1.29 is 4.79 Å². The van der Waals surface area contributed by atoms with E-state index < -0.39 is 0 Å². The smallest absolute Gasteiger partial charge is 0.254 e. The monoisotopic (exact) mass is 319 g/mol. The van der Waals surface area contributed by atoms with Crippen LogP contribution in [0.4, 0.5) is 5.95 Å². The van der Waals surface area contributed by atoms with Crippen LogP contribution >= 0.6 is 0 Å². The summed E-state index contributed by atoms with van der Waals surface area (Å²) < 4.78 is 0. The van der Waals surface area contributed by atoms with Gasteiger partial charge in [-0.15, -0.1) is 0 Å². The molecule has 0 spiro atoms. The third kappa shape index (κ3) is 2.38. The highest BCUT2D eigenvalue weighted by Crippen LogP contribution is 2.34. The molecule has 24 heavy (non-hydrogen) atoms. The van der Waals surface area contributed by atoms with Crippen molar-refractivity contribution in [1.29, 1.82) is 5.26 Å². The Balaban J connectivity index is 1.53. The highest BCUT2D eigenvalue weighted by atomic mass is 16.2. The number of hydrogen-bond donors (Lipinski definition) is 0. The number of benzene rings is 1. The van der Waals surface area contributed by atoms with Gasteiger partial charge >= 0.3 is 0 Å². The lowest BCUT2D eigenvalue weighted by atomic mass is 10.1. The molecule has 1 aromatic heterocycles. The molecule has 2 aliphatic rings. The Kier molecular flexibility index (Phi) is 3.62. The molecule has 3 heterocycles. The first kappa shape index (κ1) is 14.6. The van der Waals surface area contributed by atoms with Crippen molar-refractivity contribution in [2.45, 2.75) is 24.9 Å². The number of carbonyl (C=O) groups excluding carboxylic acids is 1. The van der Waals surface area contributed by atoms with Crippen LogP contribution in [-0.4, -0.2) is 45.9 Å². The van der Waals surface area contributed by atoms with Gasteiger partial charge in [0.2, 0.25) is 5.95 Å². The SMILES string of the molecule is N#Cc1ccc(C(=O)N2CC[C@@H]3[C@@H]2CCN3c2ncccn2)cc1. The van der Waals surface area contributed by atoms with Crippen molar-refractivity contribution in [3.8, 4) is 6.07 Å². The average molecular weight is 319 g/mol. The molecule has 6 heteroatoms. The van der Waals surface area contributed by atoms with Gasteiger partial charge in [0.05, 0.1) is 23.7 Å². The molecule has 0 N–H and O–H groups in total. The molecule has 2 atom stereocenters. The highest BCUT2D eigenvalue weighted by Gasteiger charge is 2.45. The van der Waals surface area contributed by atoms with E-state index >= 15 is 0 Å². The zero-order valence-corrected chi connectivity index (χ0v) is 13.2. The molecule has 2 aromatic rings. The summed E-state index contributed by atoms with van der Waals surface area (Å²) >= 11 is 0. The predicted octanol–water partition coefficient (Wildman–Crippen LogP) is 1.84. The van der Waals surface area contributed by atoms with Crippen LogP contribution in [0.25, 0.3) is 0 Å². The molecule has 2 aliphatic heterocycles. The van der Waals surface area contributed by atoms with Gasteiger partial charge in [0.15, 0.2) is 0 Å². The number of fused-ring (bicyclic) bond motifs is 1. The van der Waals surface area contributed by atoms with Gasteiger partial charge in [-0.05, 0) is 43.2 Å². The van der Waals surface area contributed by atoms with Crippen LogP contribution in [-0.2, 0) is 0 Å². The minimum absolute atomic E-state index is 0.0443. The highest BCUT2D eigenvalue weighted by molar-refractivity contribution is 5.95. The zero-order chi connectivity index (χ0) is 16.5. The van der Waals surface area contributed by atoms with Gasteiger partial charge in [-0.3, -0.25) is 4.79 Å². The summed E-state index contributed by atoms with van der Waals surface area (Å²) in [7, 11) is 0. The Morgan fingerprint density at radius 2 is 1.79 bits per heavy atom. The second-order valence-electron chi connectivity index (χ2n) is 6.14. The number of nitriles is 1. The molecule has 0 unspecified atom stereocenters. The molecule has 1 aromatic carbocycles. The van der Waals surface area contributed by atoms with Gasteiger partial charge < -0.3 is 9.80 Å². The van der Waals surface area contributed by atoms with Crippen LogP contribution in [0, 0.1) is 11.3 Å². The summed E-state index contributed by atoms with van der Waals surface area (Å²) in [5.41, 5.74) is 1.21. The lowest BCUT2D eigenvalue weighted by molar-refractivity contribution is 0.0737. The van der Waals surface area contributed by atoms with E-state index in [0.29, 0.717) is 11.1 Å². The van der Waals surface area contributed by atoms with Crippen LogP contribution in [0.2, 0.25) is 0 Å². The summed E-state index contributed by atoms with van der Waals surface area (Å²) in [6.07, 6.45) is 5.38. The maximum Gasteiger partial charge on any atom is 0.254 e. The lowest BCUT2D eigenvalue weighted by Gasteiger charge is -2.25. The summed E-state index contributed by atoms with van der Waals surface area (Å²) in [5.74, 6) is 0.792. The summed E-state index contributed by atoms with van der Waals surface area (Å²) in [4.78, 5) is 25.7. The molecule has 0 bridgehead atoms. The Morgan fingerprint density at radius 1 is 1.08 bits per heavy atom. The van der Waals surface area contributed by atoms with E-state index in [2.05, 4.69) is 20.9 Å². The topological polar surface area (TPSA) is 73.1 Å². The number of hydrogen-bond acceptors (Lipinski definition) is 5. The van der Waals surface area contributed by atoms with Crippen molar-refractivity contribution in [2.75, 3.05) is 18.0 Å². The van der Waals surface area contributed by atoms with Crippen LogP contribution in [0.3, 0.4) is 0 Å². The van der Waals surface area contributed by atoms with Crippen molar-refractivity contribution in [3.05, 3.63) is 53.9 Å². The fraction of sp³-hybridized carbons (Fsp3) is 0.333. The fourth-order valence-electron chi connectivity index (χ4n) is 3.78. The van der Waals surface area contributed by atoms with Gasteiger partial charge in [-0.1, -0.05) is 0 Å². The normalized spacial score (nSPS) is 22.3. The second-order valence-corrected chi connectivity index (χ2v) is 6.14. The number of amides is 1. The third-order valence-corrected chi connectivity index (χ3v) is 4.91. The van der Waals surface area contributed by atoms with Gasteiger partial charge in [-0.2, -0.15) is 5.26 Å². The van der Waals surface area contributed by atoms with Crippen LogP contribution in [0.15, 0.2) is 42.7 Å². The van der Waals surface area contributed by atoms with E-state index in [9.17, 15) is 4.79 Å². The van der Waals surface area contributed by atoms with Crippen molar-refractivity contribution in [1.82, 2.24) is 14.9 Å². The molecule has 2 saturated heterocycles. The molecule has 2 fully saturated rings. The molecule has 0 radical (unpaired) electrons. The minimum Gasteiger partial charge on any atom is -0.336 e. The predicted molar refractivity (Wildman–Crippen MR) is 88.4 cm³/mol. The molecule has 6 nitrogen and oxygen atoms in total. The van der Waals surface area contributed by atoms with E-state index in [4.69, 9.17) is 5.26 Å². The standard InChI is InChI=1S/C18H17N5O/c19-12-13-2-4-14(5-3-13)17(24)22-10-6-16-15(22)7-11-23(16)18-20-8-1-9-21-18/h1-5,8-9,15-16H,6-7,10-11H2/t15-,16+/m0/s1. The number of anilines is 1. The fourth-order valence-corrected chi connectivity index (χ4v) is 3.78. The van der Waals surface area contributed by atoms with Crippen LogP contribution < -0.4 is 4.90 Å². The molecule has 0 aliphatic carbocycles. The number of nitrogens with zero attached hydrogens (tertiary/aromatic N) is 5. The Labute approximate surface area is 140 Å². The van der Waals surface area contributed by atoms with Crippen LogP contribution in [0.1, 0.15) is 28.8 Å². The lowest BCUT2D eigenvalue weighted by Crippen LogP contribution is -2.40. The maximum atomic E-state index is 12.8. The second kappa shape index (κ2) is 5.93. The molecule has 0 saturated carbocycles. The van der Waals surface area contributed by atoms with E-state index in [0.717, 1.165) is 31.9 Å². The Bertz CT molecular complexity index is 783. The van der Waals surface area contributed by atoms with Crippen molar-refractivity contribution in [2.24, 2.45) is 0 Å². The summed E-state index contributed by atoms with van der Waals surface area (Å²) in [5, 5.41) is 8.88. The Hall–Kier alpha value is -2.94. The first-order valence-corrected chi connectivity index (χ1v) is 8.13. The van der Waals surface area contributed by atoms with Gasteiger partial charge in [0.25, 0.3) is 5.91 Å². The average Bonchev–Trinajstić information content (AvgIpc) is 3.24. The van der Waals surface area contributed by atoms with Crippen molar-refractivity contribution >= 4 is 11.9 Å². The van der Waals surface area contributed by atoms with E-state index in [1.807, 2.05) is 11.0 Å². The third-order valence-electron chi connectivity index (χ3n) is 4.91. The van der Waals surface area contributed by atoms with Gasteiger partial charge in [0, 0.05) is 31.0 Å². The number of rotatable bonds is 2. The maximum absolute atomic E-state index is 12.8. The summed E-state index contributed by atoms with van der Waals surface area (Å²) in [6.45, 7) is 1.62. The number of carbonyl (C=O) groups is 1. The van der Waals surface area contributed by atoms with E-state index in [1.54, 1.807) is 36.7 Å². The first-order valence-electron chi connectivity index (χ1n) is 8.13. The first-order chi connectivity index (χ1) is 11.8. The molecular weight excluding hydrogens is 302 g/mol. The minimum atomic E-state index is 0.0443. The largest absolute Gasteiger partial charge is 0.336 e. The van der Waals surface area contributed by atoms with E-state index in [1.165, 1.54) is 0 Å². The van der Waals surface area contributed by atoms with Crippen LogP contribution in [0.5, 0.6) is 0 Å². The molecule has 120 valence electrons. The van der Waals surface area contributed by atoms with E-state index in [-0.39, 0.29) is 18.0 Å². The zero-order valence-electron chi connectivity index (χ0n) is 13.2. The van der Waals surface area contributed by atoms with Crippen molar-refractivity contribution in [3.63, 3.8) is 0 Å². The summed E-state index contributed by atoms with van der Waals surface area (Å²) in [6, 6.07) is 11.2. The quantitative estimate of drug-likeness (QED) is 0.844. The molecular formula is C18H17N5O. The van der Waals surface area contributed by atoms with Gasteiger partial charge in [0.1, 0.15) is 0 Å². The molecule has 4 rings (SSSR count).